The third-order valence-electron chi connectivity index (χ3n) is 7.52. The van der Waals surface area contributed by atoms with Crippen LogP contribution >= 0.6 is 0 Å². The van der Waals surface area contributed by atoms with E-state index in [2.05, 4.69) is 5.32 Å². The molecule has 1 aromatic carbocycles. The predicted octanol–water partition coefficient (Wildman–Crippen LogP) is 4.50. The summed E-state index contributed by atoms with van der Waals surface area (Å²) in [6.07, 6.45) is -3.11. The molecule has 1 N–H and O–H groups in total. The number of amides is 2. The second kappa shape index (κ2) is 11.0. The average molecular weight is 562 g/mol. The highest BCUT2D eigenvalue weighted by Gasteiger charge is 2.47. The van der Waals surface area contributed by atoms with Crippen molar-refractivity contribution in [1.29, 1.82) is 0 Å². The average Bonchev–Trinajstić information content (AvgIpc) is 3.40. The Labute approximate surface area is 222 Å². The van der Waals surface area contributed by atoms with Crippen LogP contribution in [0.5, 0.6) is 0 Å². The monoisotopic (exact) mass is 561 g/mol. The van der Waals surface area contributed by atoms with Gasteiger partial charge < -0.3 is 10.1 Å². The summed E-state index contributed by atoms with van der Waals surface area (Å²) < 4.78 is 71.8. The van der Waals surface area contributed by atoms with E-state index >= 15 is 0 Å². The van der Waals surface area contributed by atoms with E-state index in [0.717, 1.165) is 24.3 Å². The Kier molecular flexibility index (Phi) is 8.77. The molecule has 5 atom stereocenters. The van der Waals surface area contributed by atoms with Gasteiger partial charge in [0.2, 0.25) is 15.9 Å². The van der Waals surface area contributed by atoms with E-state index in [9.17, 15) is 31.2 Å². The van der Waals surface area contributed by atoms with Gasteiger partial charge in [0.15, 0.2) is 0 Å². The minimum Gasteiger partial charge on any atom is -0.444 e. The molecule has 38 heavy (non-hydrogen) atoms. The SMILES string of the molecule is CC[C@H](C)[C@@H](C(=O)N[C@H]1CC[C@@H]2CN(S(=O)(=O)c3ccc(C(F)(F)F)cc3)C[C@@H]21)N(C)C(=O)OC(C)(C)C. The molecule has 1 aromatic rings. The fraction of sp³-hybridized carbons (Fsp3) is 0.692. The number of rotatable bonds is 7. The van der Waals surface area contributed by atoms with Gasteiger partial charge in [0, 0.05) is 26.2 Å². The van der Waals surface area contributed by atoms with Gasteiger partial charge >= 0.3 is 12.3 Å². The van der Waals surface area contributed by atoms with E-state index in [1.165, 1.54) is 16.3 Å². The lowest BCUT2D eigenvalue weighted by molar-refractivity contribution is -0.137. The number of nitrogens with zero attached hydrogens (tertiary/aromatic N) is 2. The zero-order valence-electron chi connectivity index (χ0n) is 22.7. The number of carbonyl (C=O) groups excluding carboxylic acids is 2. The van der Waals surface area contributed by atoms with Crippen molar-refractivity contribution < 1.29 is 35.9 Å². The number of hydrogen-bond acceptors (Lipinski definition) is 5. The van der Waals surface area contributed by atoms with Crippen LogP contribution in [-0.4, -0.2) is 67.4 Å². The molecule has 1 heterocycles. The number of sulfonamides is 1. The lowest BCUT2D eigenvalue weighted by atomic mass is 9.95. The summed E-state index contributed by atoms with van der Waals surface area (Å²) in [6, 6.07) is 2.46. The minimum absolute atomic E-state index is 0.0233. The first-order chi connectivity index (χ1) is 17.5. The van der Waals surface area contributed by atoms with Gasteiger partial charge in [-0.05, 0) is 75.6 Å². The summed E-state index contributed by atoms with van der Waals surface area (Å²) in [4.78, 5) is 27.2. The van der Waals surface area contributed by atoms with Crippen LogP contribution in [0.25, 0.3) is 0 Å². The molecule has 1 aliphatic heterocycles. The summed E-state index contributed by atoms with van der Waals surface area (Å²) in [5, 5.41) is 3.07. The van der Waals surface area contributed by atoms with E-state index < -0.39 is 39.5 Å². The van der Waals surface area contributed by atoms with Crippen molar-refractivity contribution in [3.05, 3.63) is 29.8 Å². The Morgan fingerprint density at radius 3 is 2.26 bits per heavy atom. The van der Waals surface area contributed by atoms with Crippen LogP contribution in [0.15, 0.2) is 29.2 Å². The smallest absolute Gasteiger partial charge is 0.416 e. The fourth-order valence-electron chi connectivity index (χ4n) is 5.32. The number of halogens is 3. The fourth-order valence-corrected chi connectivity index (χ4v) is 6.85. The zero-order chi connectivity index (χ0) is 28.6. The largest absolute Gasteiger partial charge is 0.444 e. The van der Waals surface area contributed by atoms with Crippen molar-refractivity contribution in [1.82, 2.24) is 14.5 Å². The molecule has 8 nitrogen and oxygen atoms in total. The first-order valence-corrected chi connectivity index (χ1v) is 14.3. The summed E-state index contributed by atoms with van der Waals surface area (Å²) in [7, 11) is -2.45. The van der Waals surface area contributed by atoms with Gasteiger partial charge in [0.05, 0.1) is 10.5 Å². The maximum absolute atomic E-state index is 13.4. The molecule has 214 valence electrons. The second-order valence-corrected chi connectivity index (χ2v) is 13.3. The van der Waals surface area contributed by atoms with Crippen LogP contribution in [0.4, 0.5) is 18.0 Å². The minimum atomic E-state index is -4.55. The van der Waals surface area contributed by atoms with Gasteiger partial charge in [0.1, 0.15) is 11.6 Å². The molecule has 2 aliphatic rings. The topological polar surface area (TPSA) is 96.0 Å². The lowest BCUT2D eigenvalue weighted by Crippen LogP contribution is -2.54. The Morgan fingerprint density at radius 1 is 1.13 bits per heavy atom. The zero-order valence-corrected chi connectivity index (χ0v) is 23.5. The van der Waals surface area contributed by atoms with Crippen molar-refractivity contribution >= 4 is 22.0 Å². The van der Waals surface area contributed by atoms with Crippen LogP contribution in [0.2, 0.25) is 0 Å². The number of carbonyl (C=O) groups is 2. The van der Waals surface area contributed by atoms with Crippen LogP contribution in [-0.2, 0) is 25.7 Å². The first kappa shape index (κ1) is 30.2. The van der Waals surface area contributed by atoms with Gasteiger partial charge in [-0.3, -0.25) is 9.69 Å². The Bertz CT molecular complexity index is 1120. The molecule has 12 heteroatoms. The van der Waals surface area contributed by atoms with Crippen molar-refractivity contribution in [3.8, 4) is 0 Å². The highest BCUT2D eigenvalue weighted by molar-refractivity contribution is 7.89. The predicted molar refractivity (Wildman–Crippen MR) is 136 cm³/mol. The number of alkyl halides is 3. The van der Waals surface area contributed by atoms with Gasteiger partial charge in [-0.25, -0.2) is 13.2 Å². The van der Waals surface area contributed by atoms with Crippen molar-refractivity contribution in [2.75, 3.05) is 20.1 Å². The molecular weight excluding hydrogens is 523 g/mol. The number of likely N-dealkylation sites (N-methyl/N-ethyl adjacent to an activating group) is 1. The first-order valence-electron chi connectivity index (χ1n) is 12.9. The van der Waals surface area contributed by atoms with E-state index in [1.807, 2.05) is 13.8 Å². The molecule has 1 saturated heterocycles. The van der Waals surface area contributed by atoms with Crippen molar-refractivity contribution in [2.24, 2.45) is 17.8 Å². The van der Waals surface area contributed by atoms with Crippen LogP contribution in [0.3, 0.4) is 0 Å². The molecule has 0 aromatic heterocycles. The van der Waals surface area contributed by atoms with Crippen molar-refractivity contribution in [2.45, 2.75) is 82.6 Å². The van der Waals surface area contributed by atoms with E-state index in [1.54, 1.807) is 20.8 Å². The van der Waals surface area contributed by atoms with Crippen LogP contribution in [0.1, 0.15) is 59.4 Å². The Balaban J connectivity index is 1.71. The quantitative estimate of drug-likeness (QED) is 0.529. The molecule has 0 bridgehead atoms. The maximum Gasteiger partial charge on any atom is 0.416 e. The van der Waals surface area contributed by atoms with Crippen LogP contribution in [0, 0.1) is 17.8 Å². The van der Waals surface area contributed by atoms with Gasteiger partial charge in [-0.2, -0.15) is 17.5 Å². The molecule has 0 spiro atoms. The Hall–Kier alpha value is -2.34. The molecule has 0 unspecified atom stereocenters. The summed E-state index contributed by atoms with van der Waals surface area (Å²) >= 11 is 0. The third-order valence-corrected chi connectivity index (χ3v) is 9.37. The van der Waals surface area contributed by atoms with E-state index in [0.29, 0.717) is 19.3 Å². The molecule has 3 rings (SSSR count). The standard InChI is InChI=1S/C26H38F3N3O5S/c1-7-16(2)22(31(6)24(34)37-25(3,4)5)23(33)30-21-13-8-17-14-32(15-20(17)21)38(35,36)19-11-9-18(10-12-19)26(27,28)29/h9-12,16-17,20-22H,7-8,13-15H2,1-6H3,(H,30,33)/t16-,17+,20-,21-,22-/m0/s1. The second-order valence-electron chi connectivity index (χ2n) is 11.4. The summed E-state index contributed by atoms with van der Waals surface area (Å²) in [6.45, 7) is 9.47. The molecule has 2 fully saturated rings. The lowest BCUT2D eigenvalue weighted by Gasteiger charge is -2.34. The van der Waals surface area contributed by atoms with Gasteiger partial charge in [-0.15, -0.1) is 0 Å². The van der Waals surface area contributed by atoms with Gasteiger partial charge in [0.25, 0.3) is 0 Å². The number of ether oxygens (including phenoxy) is 1. The number of fused-ring (bicyclic) bond motifs is 1. The normalized spacial score (nSPS) is 24.0. The van der Waals surface area contributed by atoms with E-state index in [4.69, 9.17) is 4.74 Å². The van der Waals surface area contributed by atoms with E-state index in [-0.39, 0.29) is 47.7 Å². The highest BCUT2D eigenvalue weighted by atomic mass is 32.2. The van der Waals surface area contributed by atoms with Gasteiger partial charge in [-0.1, -0.05) is 20.3 Å². The maximum atomic E-state index is 13.4. The molecule has 1 aliphatic carbocycles. The number of nitrogens with one attached hydrogen (secondary N) is 1. The molecule has 1 saturated carbocycles. The highest BCUT2D eigenvalue weighted by Crippen LogP contribution is 2.40. The Morgan fingerprint density at radius 2 is 1.74 bits per heavy atom. The molecular formula is C26H38F3N3O5S. The van der Waals surface area contributed by atoms with Crippen LogP contribution < -0.4 is 5.32 Å². The molecule has 2 amide bonds. The third kappa shape index (κ3) is 6.62. The summed E-state index contributed by atoms with van der Waals surface area (Å²) in [5.41, 5.74) is -1.63. The summed E-state index contributed by atoms with van der Waals surface area (Å²) in [5.74, 6) is -0.574. The molecule has 0 radical (unpaired) electrons. The van der Waals surface area contributed by atoms with Crippen molar-refractivity contribution in [3.63, 3.8) is 0 Å². The number of benzene rings is 1. The number of hydrogen-bond donors (Lipinski definition) is 1.